The van der Waals surface area contributed by atoms with Crippen molar-refractivity contribution in [3.63, 3.8) is 0 Å². The second-order valence-corrected chi connectivity index (χ2v) is 5.19. The van der Waals surface area contributed by atoms with Gasteiger partial charge in [-0.05, 0) is 43.1 Å². The minimum Gasteiger partial charge on any atom is -0.379 e. The summed E-state index contributed by atoms with van der Waals surface area (Å²) < 4.78 is 6.50. The zero-order valence-electron chi connectivity index (χ0n) is 8.92. The van der Waals surface area contributed by atoms with Crippen molar-refractivity contribution in [3.8, 4) is 0 Å². The lowest BCUT2D eigenvalue weighted by molar-refractivity contribution is -0.0634. The van der Waals surface area contributed by atoms with E-state index in [-0.39, 0.29) is 5.41 Å². The Balaban J connectivity index is 2.37. The van der Waals surface area contributed by atoms with Crippen LogP contribution in [0.4, 0.5) is 0 Å². The fourth-order valence-electron chi connectivity index (χ4n) is 2.22. The lowest BCUT2D eigenvalue weighted by Crippen LogP contribution is -2.48. The van der Waals surface area contributed by atoms with Crippen LogP contribution in [0.5, 0.6) is 0 Å². The van der Waals surface area contributed by atoms with Crippen LogP contribution in [0.25, 0.3) is 0 Å². The lowest BCUT2D eigenvalue weighted by Gasteiger charge is -2.43. The largest absolute Gasteiger partial charge is 0.379 e. The number of hydrogen-bond donors (Lipinski definition) is 1. The molecule has 0 atom stereocenters. The zero-order valence-corrected chi connectivity index (χ0v) is 10.5. The Kier molecular flexibility index (Phi) is 3.14. The molecule has 0 spiro atoms. The van der Waals surface area contributed by atoms with Crippen LogP contribution in [-0.4, -0.2) is 19.8 Å². The molecular weight excluding hydrogens is 254 g/mol. The molecule has 0 radical (unpaired) electrons. The Bertz CT molecular complexity index is 361. The standard InChI is InChI=1S/C12H16BrNO/c1-9-2-3-10(13)6-11(9)12(4-5-14)7-15-8-12/h2-3,6H,4-5,7-8,14H2,1H3. The van der Waals surface area contributed by atoms with E-state index in [0.717, 1.165) is 30.7 Å². The van der Waals surface area contributed by atoms with Crippen LogP contribution in [0.1, 0.15) is 17.5 Å². The number of benzene rings is 1. The summed E-state index contributed by atoms with van der Waals surface area (Å²) >= 11 is 3.52. The molecule has 15 heavy (non-hydrogen) atoms. The van der Waals surface area contributed by atoms with Gasteiger partial charge >= 0.3 is 0 Å². The normalized spacial score (nSPS) is 18.6. The van der Waals surface area contributed by atoms with Crippen LogP contribution in [0.2, 0.25) is 0 Å². The SMILES string of the molecule is Cc1ccc(Br)cc1C1(CCN)COC1. The smallest absolute Gasteiger partial charge is 0.0586 e. The van der Waals surface area contributed by atoms with Gasteiger partial charge in [0.15, 0.2) is 0 Å². The van der Waals surface area contributed by atoms with Crippen LogP contribution in [0.3, 0.4) is 0 Å². The summed E-state index contributed by atoms with van der Waals surface area (Å²) in [6.45, 7) is 4.48. The van der Waals surface area contributed by atoms with Gasteiger partial charge in [-0.25, -0.2) is 0 Å². The monoisotopic (exact) mass is 269 g/mol. The molecule has 3 heteroatoms. The number of hydrogen-bond acceptors (Lipinski definition) is 2. The highest BCUT2D eigenvalue weighted by atomic mass is 79.9. The third kappa shape index (κ3) is 1.96. The van der Waals surface area contributed by atoms with E-state index in [1.165, 1.54) is 11.1 Å². The van der Waals surface area contributed by atoms with Gasteiger partial charge in [0.05, 0.1) is 13.2 Å². The Morgan fingerprint density at radius 2 is 2.20 bits per heavy atom. The summed E-state index contributed by atoms with van der Waals surface area (Å²) in [5.41, 5.74) is 8.56. The zero-order chi connectivity index (χ0) is 10.9. The van der Waals surface area contributed by atoms with E-state index < -0.39 is 0 Å². The third-order valence-electron chi connectivity index (χ3n) is 3.15. The molecule has 1 fully saturated rings. The quantitative estimate of drug-likeness (QED) is 0.915. The van der Waals surface area contributed by atoms with Crippen molar-refractivity contribution >= 4 is 15.9 Å². The van der Waals surface area contributed by atoms with E-state index in [4.69, 9.17) is 10.5 Å². The molecule has 1 aliphatic rings. The lowest BCUT2D eigenvalue weighted by atomic mass is 9.74. The first kappa shape index (κ1) is 11.1. The first-order valence-corrected chi connectivity index (χ1v) is 6.02. The van der Waals surface area contributed by atoms with Crippen LogP contribution in [0, 0.1) is 6.92 Å². The average molecular weight is 270 g/mol. The molecule has 0 aliphatic carbocycles. The molecule has 1 saturated heterocycles. The molecule has 1 aliphatic heterocycles. The molecular formula is C12H16BrNO. The Labute approximate surface area is 98.9 Å². The van der Waals surface area contributed by atoms with Crippen molar-refractivity contribution in [3.05, 3.63) is 33.8 Å². The molecule has 2 rings (SSSR count). The topological polar surface area (TPSA) is 35.2 Å². The number of ether oxygens (including phenoxy) is 1. The minimum atomic E-state index is 0.169. The van der Waals surface area contributed by atoms with Gasteiger partial charge in [-0.1, -0.05) is 22.0 Å². The van der Waals surface area contributed by atoms with Crippen LogP contribution in [0.15, 0.2) is 22.7 Å². The van der Waals surface area contributed by atoms with Gasteiger partial charge in [-0.3, -0.25) is 0 Å². The summed E-state index contributed by atoms with van der Waals surface area (Å²) in [4.78, 5) is 0. The number of halogens is 1. The predicted octanol–water partition coefficient (Wildman–Crippen LogP) is 2.37. The van der Waals surface area contributed by atoms with Crippen molar-refractivity contribution < 1.29 is 4.74 Å². The van der Waals surface area contributed by atoms with Gasteiger partial charge in [0.1, 0.15) is 0 Å². The van der Waals surface area contributed by atoms with Gasteiger partial charge in [-0.2, -0.15) is 0 Å². The molecule has 0 saturated carbocycles. The minimum absolute atomic E-state index is 0.169. The maximum absolute atomic E-state index is 5.68. The van der Waals surface area contributed by atoms with Crippen LogP contribution in [-0.2, 0) is 10.2 Å². The van der Waals surface area contributed by atoms with Crippen LogP contribution < -0.4 is 5.73 Å². The molecule has 1 aromatic rings. The van der Waals surface area contributed by atoms with Gasteiger partial charge in [0.25, 0.3) is 0 Å². The maximum atomic E-state index is 5.68. The van der Waals surface area contributed by atoms with Crippen molar-refractivity contribution in [1.82, 2.24) is 0 Å². The number of nitrogens with two attached hydrogens (primary N) is 1. The van der Waals surface area contributed by atoms with Crippen molar-refractivity contribution in [2.45, 2.75) is 18.8 Å². The van der Waals surface area contributed by atoms with Gasteiger partial charge in [0.2, 0.25) is 0 Å². The van der Waals surface area contributed by atoms with E-state index in [0.29, 0.717) is 0 Å². The van der Waals surface area contributed by atoms with Crippen LogP contribution >= 0.6 is 15.9 Å². The summed E-state index contributed by atoms with van der Waals surface area (Å²) in [5.74, 6) is 0. The molecule has 1 heterocycles. The molecule has 0 unspecified atom stereocenters. The van der Waals surface area contributed by atoms with Crippen molar-refractivity contribution in [1.29, 1.82) is 0 Å². The van der Waals surface area contributed by atoms with E-state index in [9.17, 15) is 0 Å². The number of rotatable bonds is 3. The number of aryl methyl sites for hydroxylation is 1. The van der Waals surface area contributed by atoms with E-state index in [1.54, 1.807) is 0 Å². The van der Waals surface area contributed by atoms with E-state index in [1.807, 2.05) is 0 Å². The molecule has 0 aromatic heterocycles. The highest BCUT2D eigenvalue weighted by Crippen LogP contribution is 2.38. The second-order valence-electron chi connectivity index (χ2n) is 4.27. The summed E-state index contributed by atoms with van der Waals surface area (Å²) in [5, 5.41) is 0. The van der Waals surface area contributed by atoms with Gasteiger partial charge < -0.3 is 10.5 Å². The summed E-state index contributed by atoms with van der Waals surface area (Å²) in [6, 6.07) is 6.43. The molecule has 82 valence electrons. The van der Waals surface area contributed by atoms with Gasteiger partial charge in [0, 0.05) is 9.89 Å². The summed E-state index contributed by atoms with van der Waals surface area (Å²) in [7, 11) is 0. The average Bonchev–Trinajstić information content (AvgIpc) is 2.16. The molecule has 1 aromatic carbocycles. The van der Waals surface area contributed by atoms with E-state index in [2.05, 4.69) is 41.1 Å². The Hall–Kier alpha value is -0.380. The van der Waals surface area contributed by atoms with Gasteiger partial charge in [-0.15, -0.1) is 0 Å². The third-order valence-corrected chi connectivity index (χ3v) is 3.64. The predicted molar refractivity (Wildman–Crippen MR) is 65.0 cm³/mol. The Morgan fingerprint density at radius 3 is 2.73 bits per heavy atom. The molecule has 0 bridgehead atoms. The molecule has 0 amide bonds. The molecule has 2 nitrogen and oxygen atoms in total. The second kappa shape index (κ2) is 4.24. The summed E-state index contributed by atoms with van der Waals surface area (Å²) in [6.07, 6.45) is 1.00. The van der Waals surface area contributed by atoms with Crippen molar-refractivity contribution in [2.24, 2.45) is 5.73 Å². The first-order chi connectivity index (χ1) is 7.18. The molecule has 2 N–H and O–H groups in total. The fourth-order valence-corrected chi connectivity index (χ4v) is 2.59. The first-order valence-electron chi connectivity index (χ1n) is 5.22. The Morgan fingerprint density at radius 1 is 1.47 bits per heavy atom. The fraction of sp³-hybridized carbons (Fsp3) is 0.500. The highest BCUT2D eigenvalue weighted by Gasteiger charge is 2.40. The maximum Gasteiger partial charge on any atom is 0.0586 e. The van der Waals surface area contributed by atoms with E-state index >= 15 is 0 Å². The van der Waals surface area contributed by atoms with Crippen molar-refractivity contribution in [2.75, 3.05) is 19.8 Å². The highest BCUT2D eigenvalue weighted by molar-refractivity contribution is 9.10.